The summed E-state index contributed by atoms with van der Waals surface area (Å²) in [5, 5.41) is 8.80. The van der Waals surface area contributed by atoms with Crippen LogP contribution in [0.2, 0.25) is 0 Å². The molecule has 1 aromatic carbocycles. The molecule has 2 rings (SSSR count). The van der Waals surface area contributed by atoms with Crippen molar-refractivity contribution in [2.24, 2.45) is 0 Å². The number of benzene rings is 1. The first-order valence-electron chi connectivity index (χ1n) is 6.47. The zero-order chi connectivity index (χ0) is 14.8. The van der Waals surface area contributed by atoms with E-state index >= 15 is 0 Å². The van der Waals surface area contributed by atoms with E-state index in [1.165, 1.54) is 0 Å². The number of para-hydroxylation sites is 1. The first-order chi connectivity index (χ1) is 9.40. The molecule has 0 atom stereocenters. The molecule has 0 unspecified atom stereocenters. The van der Waals surface area contributed by atoms with Gasteiger partial charge in [-0.3, -0.25) is 9.10 Å². The molecule has 110 valence electrons. The van der Waals surface area contributed by atoms with Crippen molar-refractivity contribution >= 4 is 21.9 Å². The lowest BCUT2D eigenvalue weighted by Gasteiger charge is -2.25. The summed E-state index contributed by atoms with van der Waals surface area (Å²) in [6.07, 6.45) is 1.43. The van der Waals surface area contributed by atoms with Crippen LogP contribution < -0.4 is 9.03 Å². The van der Waals surface area contributed by atoms with Gasteiger partial charge in [-0.25, -0.2) is 0 Å². The topological polar surface area (TPSA) is 86.7 Å². The van der Waals surface area contributed by atoms with Crippen molar-refractivity contribution < 1.29 is 18.3 Å². The van der Waals surface area contributed by atoms with E-state index in [0.29, 0.717) is 5.69 Å². The fourth-order valence-electron chi connectivity index (χ4n) is 1.89. The predicted molar refractivity (Wildman–Crippen MR) is 75.9 cm³/mol. The second-order valence-electron chi connectivity index (χ2n) is 4.90. The lowest BCUT2D eigenvalue weighted by Crippen LogP contribution is -2.43. The second kappa shape index (κ2) is 5.80. The summed E-state index contributed by atoms with van der Waals surface area (Å²) in [6, 6.07) is 7.02. The SMILES string of the molecule is Cc1ccccc1N(CCC(=O)O)S(=O)(=O)NC1CC1. The Labute approximate surface area is 118 Å². The van der Waals surface area contributed by atoms with Crippen LogP contribution in [-0.4, -0.2) is 32.1 Å². The van der Waals surface area contributed by atoms with Crippen LogP contribution in [0.15, 0.2) is 24.3 Å². The van der Waals surface area contributed by atoms with Gasteiger partial charge in [0.05, 0.1) is 12.1 Å². The molecule has 7 heteroatoms. The minimum atomic E-state index is -3.71. The third-order valence-corrected chi connectivity index (χ3v) is 4.69. The average Bonchev–Trinajstić information content (AvgIpc) is 3.14. The molecule has 20 heavy (non-hydrogen) atoms. The largest absolute Gasteiger partial charge is 0.481 e. The third-order valence-electron chi connectivity index (χ3n) is 3.10. The normalized spacial score (nSPS) is 15.1. The minimum Gasteiger partial charge on any atom is -0.481 e. The quantitative estimate of drug-likeness (QED) is 0.793. The number of carbonyl (C=O) groups is 1. The van der Waals surface area contributed by atoms with Crippen molar-refractivity contribution in [3.8, 4) is 0 Å². The van der Waals surface area contributed by atoms with Gasteiger partial charge in [0.1, 0.15) is 0 Å². The monoisotopic (exact) mass is 298 g/mol. The van der Waals surface area contributed by atoms with Crippen molar-refractivity contribution in [3.63, 3.8) is 0 Å². The highest BCUT2D eigenvalue weighted by Gasteiger charge is 2.31. The fourth-order valence-corrected chi connectivity index (χ4v) is 3.47. The van der Waals surface area contributed by atoms with Crippen LogP contribution in [-0.2, 0) is 15.0 Å². The molecule has 1 saturated carbocycles. The van der Waals surface area contributed by atoms with Gasteiger partial charge in [-0.05, 0) is 31.4 Å². The Morgan fingerprint density at radius 2 is 2.05 bits per heavy atom. The Morgan fingerprint density at radius 1 is 1.40 bits per heavy atom. The van der Waals surface area contributed by atoms with Gasteiger partial charge >= 0.3 is 16.2 Å². The van der Waals surface area contributed by atoms with Crippen LogP contribution in [0, 0.1) is 6.92 Å². The van der Waals surface area contributed by atoms with Crippen molar-refractivity contribution in [2.75, 3.05) is 10.8 Å². The fraction of sp³-hybridized carbons (Fsp3) is 0.462. The lowest BCUT2D eigenvalue weighted by atomic mass is 10.2. The number of aryl methyl sites for hydroxylation is 1. The zero-order valence-electron chi connectivity index (χ0n) is 11.2. The van der Waals surface area contributed by atoms with Crippen LogP contribution in [0.3, 0.4) is 0 Å². The summed E-state index contributed by atoms with van der Waals surface area (Å²) >= 11 is 0. The summed E-state index contributed by atoms with van der Waals surface area (Å²) in [5.74, 6) is -1.02. The van der Waals surface area contributed by atoms with Crippen LogP contribution in [0.25, 0.3) is 0 Å². The molecule has 2 N–H and O–H groups in total. The summed E-state index contributed by atoms with van der Waals surface area (Å²) in [5.41, 5.74) is 1.31. The summed E-state index contributed by atoms with van der Waals surface area (Å²) in [7, 11) is -3.71. The maximum Gasteiger partial charge on any atom is 0.305 e. The highest BCUT2D eigenvalue weighted by Crippen LogP contribution is 2.25. The van der Waals surface area contributed by atoms with E-state index in [-0.39, 0.29) is 19.0 Å². The van der Waals surface area contributed by atoms with Gasteiger partial charge in [0.15, 0.2) is 0 Å². The highest BCUT2D eigenvalue weighted by molar-refractivity contribution is 7.90. The summed E-state index contributed by atoms with van der Waals surface area (Å²) in [4.78, 5) is 10.7. The third kappa shape index (κ3) is 3.71. The Morgan fingerprint density at radius 3 is 2.60 bits per heavy atom. The van der Waals surface area contributed by atoms with E-state index in [4.69, 9.17) is 5.11 Å². The molecule has 0 heterocycles. The van der Waals surface area contributed by atoms with Crippen molar-refractivity contribution in [2.45, 2.75) is 32.2 Å². The van der Waals surface area contributed by atoms with Gasteiger partial charge in [-0.1, -0.05) is 18.2 Å². The molecule has 1 aliphatic rings. The number of nitrogens with one attached hydrogen (secondary N) is 1. The molecule has 1 fully saturated rings. The number of nitrogens with zero attached hydrogens (tertiary/aromatic N) is 1. The molecule has 0 aromatic heterocycles. The van der Waals surface area contributed by atoms with Gasteiger partial charge in [-0.15, -0.1) is 0 Å². The van der Waals surface area contributed by atoms with E-state index in [2.05, 4.69) is 4.72 Å². The van der Waals surface area contributed by atoms with E-state index < -0.39 is 16.2 Å². The summed E-state index contributed by atoms with van der Waals surface area (Å²) < 4.78 is 28.5. The first kappa shape index (κ1) is 14.8. The maximum absolute atomic E-state index is 12.4. The molecule has 0 aliphatic heterocycles. The van der Waals surface area contributed by atoms with Crippen molar-refractivity contribution in [3.05, 3.63) is 29.8 Å². The van der Waals surface area contributed by atoms with E-state index in [1.54, 1.807) is 25.1 Å². The molecule has 0 spiro atoms. The van der Waals surface area contributed by atoms with Crippen LogP contribution in [0.5, 0.6) is 0 Å². The number of carboxylic acid groups (broad SMARTS) is 1. The first-order valence-corrected chi connectivity index (χ1v) is 7.91. The molecule has 6 nitrogen and oxygen atoms in total. The lowest BCUT2D eigenvalue weighted by molar-refractivity contribution is -0.136. The van der Waals surface area contributed by atoms with Gasteiger partial charge in [0, 0.05) is 12.6 Å². The second-order valence-corrected chi connectivity index (χ2v) is 6.53. The number of hydrogen-bond donors (Lipinski definition) is 2. The average molecular weight is 298 g/mol. The van der Waals surface area contributed by atoms with Crippen LogP contribution in [0.1, 0.15) is 24.8 Å². The van der Waals surface area contributed by atoms with Crippen molar-refractivity contribution in [1.29, 1.82) is 0 Å². The molecular weight excluding hydrogens is 280 g/mol. The summed E-state index contributed by atoms with van der Waals surface area (Å²) in [6.45, 7) is 1.72. The minimum absolute atomic E-state index is 0.0173. The van der Waals surface area contributed by atoms with E-state index in [1.807, 2.05) is 6.07 Å². The van der Waals surface area contributed by atoms with E-state index in [9.17, 15) is 13.2 Å². The molecule has 1 aromatic rings. The zero-order valence-corrected chi connectivity index (χ0v) is 12.1. The molecule has 0 saturated heterocycles. The number of hydrogen-bond acceptors (Lipinski definition) is 3. The standard InChI is InChI=1S/C13H18N2O4S/c1-10-4-2-3-5-12(10)15(9-8-13(16)17)20(18,19)14-11-6-7-11/h2-5,11,14H,6-9H2,1H3,(H,16,17). The number of carboxylic acids is 1. The molecule has 1 aliphatic carbocycles. The molecule has 0 amide bonds. The van der Waals surface area contributed by atoms with E-state index in [0.717, 1.165) is 22.7 Å². The Balaban J connectivity index is 2.28. The molecule has 0 radical (unpaired) electrons. The van der Waals surface area contributed by atoms with Gasteiger partial charge in [-0.2, -0.15) is 13.1 Å². The highest BCUT2D eigenvalue weighted by atomic mass is 32.2. The predicted octanol–water partition coefficient (Wildman–Crippen LogP) is 1.27. The van der Waals surface area contributed by atoms with Crippen molar-refractivity contribution in [1.82, 2.24) is 4.72 Å². The number of aliphatic carboxylic acids is 1. The van der Waals surface area contributed by atoms with Gasteiger partial charge in [0.25, 0.3) is 0 Å². The van der Waals surface area contributed by atoms with Crippen LogP contribution in [0.4, 0.5) is 5.69 Å². The van der Waals surface area contributed by atoms with Gasteiger partial charge < -0.3 is 5.11 Å². The van der Waals surface area contributed by atoms with Gasteiger partial charge in [0.2, 0.25) is 0 Å². The Hall–Kier alpha value is -1.60. The number of anilines is 1. The Kier molecular flexibility index (Phi) is 4.29. The molecule has 0 bridgehead atoms. The number of rotatable bonds is 7. The Bertz CT molecular complexity index is 596. The van der Waals surface area contributed by atoms with Crippen LogP contribution >= 0.6 is 0 Å². The smallest absolute Gasteiger partial charge is 0.305 e. The maximum atomic E-state index is 12.4. The molecular formula is C13H18N2O4S.